The van der Waals surface area contributed by atoms with Crippen LogP contribution in [-0.4, -0.2) is 41.7 Å². The maximum Gasteiger partial charge on any atom is 0.227 e. The summed E-state index contributed by atoms with van der Waals surface area (Å²) in [5.41, 5.74) is 2.11. The Morgan fingerprint density at radius 3 is 2.63 bits per heavy atom. The number of hydrogen-bond donors (Lipinski definition) is 0. The average Bonchev–Trinajstić information content (AvgIpc) is 3.28. The monoisotopic (exact) mass is 393 g/mol. The molecule has 1 atom stereocenters. The molecule has 0 amide bonds. The van der Waals surface area contributed by atoms with Gasteiger partial charge in [0.15, 0.2) is 0 Å². The van der Waals surface area contributed by atoms with Crippen LogP contribution >= 0.6 is 0 Å². The molecule has 2 heterocycles. The van der Waals surface area contributed by atoms with Gasteiger partial charge in [0.25, 0.3) is 0 Å². The SMILES string of the molecule is CCCCn1c(CN2CCC(c3ccc(F)cc3)C2)cnc1S(=O)(=O)CC. The second kappa shape index (κ2) is 8.52. The first-order valence-corrected chi connectivity index (χ1v) is 11.3. The number of imidazole rings is 1. The van der Waals surface area contributed by atoms with E-state index in [4.69, 9.17) is 0 Å². The Balaban J connectivity index is 1.74. The van der Waals surface area contributed by atoms with E-state index in [0.717, 1.165) is 43.6 Å². The highest BCUT2D eigenvalue weighted by Gasteiger charge is 2.27. The van der Waals surface area contributed by atoms with Crippen LogP contribution in [-0.2, 0) is 22.9 Å². The van der Waals surface area contributed by atoms with Gasteiger partial charge in [-0.1, -0.05) is 32.4 Å². The Morgan fingerprint density at radius 2 is 1.96 bits per heavy atom. The molecule has 0 aliphatic carbocycles. The zero-order valence-corrected chi connectivity index (χ0v) is 16.9. The minimum absolute atomic E-state index is 0.0614. The van der Waals surface area contributed by atoms with Crippen LogP contribution in [0.1, 0.15) is 50.3 Å². The van der Waals surface area contributed by atoms with E-state index in [1.807, 2.05) is 16.7 Å². The number of sulfone groups is 1. The third-order valence-electron chi connectivity index (χ3n) is 5.29. The Hall–Kier alpha value is -1.73. The summed E-state index contributed by atoms with van der Waals surface area (Å²) < 4.78 is 39.8. The van der Waals surface area contributed by atoms with Gasteiger partial charge < -0.3 is 4.57 Å². The molecule has 5 nitrogen and oxygen atoms in total. The van der Waals surface area contributed by atoms with E-state index >= 15 is 0 Å². The largest absolute Gasteiger partial charge is 0.318 e. The van der Waals surface area contributed by atoms with Crippen molar-refractivity contribution in [2.75, 3.05) is 18.8 Å². The summed E-state index contributed by atoms with van der Waals surface area (Å²) in [6.45, 7) is 6.94. The van der Waals surface area contributed by atoms with Crippen LogP contribution in [0, 0.1) is 5.82 Å². The van der Waals surface area contributed by atoms with Crippen molar-refractivity contribution in [3.05, 3.63) is 47.5 Å². The van der Waals surface area contributed by atoms with E-state index in [9.17, 15) is 12.8 Å². The first-order chi connectivity index (χ1) is 12.9. The maximum atomic E-state index is 13.1. The molecule has 1 aliphatic rings. The second-order valence-electron chi connectivity index (χ2n) is 7.21. The molecule has 7 heteroatoms. The molecule has 1 aliphatic heterocycles. The first-order valence-electron chi connectivity index (χ1n) is 9.69. The number of halogens is 1. The van der Waals surface area contributed by atoms with E-state index in [2.05, 4.69) is 16.8 Å². The fourth-order valence-electron chi connectivity index (χ4n) is 3.66. The number of hydrogen-bond acceptors (Lipinski definition) is 4. The predicted molar refractivity (Wildman–Crippen MR) is 104 cm³/mol. The van der Waals surface area contributed by atoms with Gasteiger partial charge in [-0.15, -0.1) is 0 Å². The topological polar surface area (TPSA) is 55.2 Å². The van der Waals surface area contributed by atoms with E-state index < -0.39 is 9.84 Å². The zero-order chi connectivity index (χ0) is 19.4. The molecule has 1 fully saturated rings. The number of nitrogens with zero attached hydrogens (tertiary/aromatic N) is 3. The molecule has 0 spiro atoms. The van der Waals surface area contributed by atoms with Crippen molar-refractivity contribution in [1.82, 2.24) is 14.5 Å². The molecule has 1 aromatic heterocycles. The van der Waals surface area contributed by atoms with Crippen molar-refractivity contribution in [3.63, 3.8) is 0 Å². The lowest BCUT2D eigenvalue weighted by Gasteiger charge is -2.18. The van der Waals surface area contributed by atoms with Crippen LogP contribution in [0.15, 0.2) is 35.6 Å². The summed E-state index contributed by atoms with van der Waals surface area (Å²) >= 11 is 0. The molecule has 0 saturated carbocycles. The van der Waals surface area contributed by atoms with E-state index in [1.54, 1.807) is 13.1 Å². The van der Waals surface area contributed by atoms with Gasteiger partial charge in [-0.3, -0.25) is 4.90 Å². The number of unbranched alkanes of at least 4 members (excludes halogenated alkanes) is 1. The molecule has 3 rings (SSSR count). The smallest absolute Gasteiger partial charge is 0.227 e. The highest BCUT2D eigenvalue weighted by atomic mass is 32.2. The van der Waals surface area contributed by atoms with Crippen LogP contribution in [0.5, 0.6) is 0 Å². The predicted octanol–water partition coefficient (Wildman–Crippen LogP) is 3.61. The summed E-state index contributed by atoms with van der Waals surface area (Å²) in [7, 11) is -3.33. The number of aromatic nitrogens is 2. The molecule has 148 valence electrons. The summed E-state index contributed by atoms with van der Waals surface area (Å²) in [5, 5.41) is 0.197. The lowest BCUT2D eigenvalue weighted by atomic mass is 9.99. The fraction of sp³-hybridized carbons (Fsp3) is 0.550. The molecule has 27 heavy (non-hydrogen) atoms. The molecule has 0 radical (unpaired) electrons. The summed E-state index contributed by atoms with van der Waals surface area (Å²) in [4.78, 5) is 6.58. The van der Waals surface area contributed by atoms with Crippen LogP contribution < -0.4 is 0 Å². The molecule has 0 N–H and O–H groups in total. The Labute approximate surface area is 161 Å². The van der Waals surface area contributed by atoms with Crippen LogP contribution in [0.3, 0.4) is 0 Å². The minimum Gasteiger partial charge on any atom is -0.318 e. The van der Waals surface area contributed by atoms with Gasteiger partial charge in [0.1, 0.15) is 5.82 Å². The van der Waals surface area contributed by atoms with E-state index in [1.165, 1.54) is 12.1 Å². The van der Waals surface area contributed by atoms with Crippen LogP contribution in [0.25, 0.3) is 0 Å². The summed E-state index contributed by atoms with van der Waals surface area (Å²) in [5.74, 6) is 0.237. The third kappa shape index (κ3) is 4.58. The van der Waals surface area contributed by atoms with Gasteiger partial charge in [0.05, 0.1) is 17.6 Å². The maximum absolute atomic E-state index is 13.1. The van der Waals surface area contributed by atoms with Crippen molar-refractivity contribution in [2.45, 2.75) is 57.3 Å². The Morgan fingerprint density at radius 1 is 1.22 bits per heavy atom. The quantitative estimate of drug-likeness (QED) is 0.688. The lowest BCUT2D eigenvalue weighted by Crippen LogP contribution is -2.23. The normalized spacial score (nSPS) is 18.3. The molecular weight excluding hydrogens is 365 g/mol. The molecule has 1 aromatic carbocycles. The molecule has 0 bridgehead atoms. The first kappa shape index (κ1) is 20.0. The van der Waals surface area contributed by atoms with Gasteiger partial charge in [0, 0.05) is 19.6 Å². The third-order valence-corrected chi connectivity index (χ3v) is 6.94. The van der Waals surface area contributed by atoms with Gasteiger partial charge in [-0.2, -0.15) is 0 Å². The van der Waals surface area contributed by atoms with Gasteiger partial charge in [0.2, 0.25) is 15.0 Å². The summed E-state index contributed by atoms with van der Waals surface area (Å²) in [6.07, 6.45) is 4.66. The average molecular weight is 394 g/mol. The summed E-state index contributed by atoms with van der Waals surface area (Å²) in [6, 6.07) is 6.75. The second-order valence-corrected chi connectivity index (χ2v) is 9.38. The zero-order valence-electron chi connectivity index (χ0n) is 16.1. The lowest BCUT2D eigenvalue weighted by molar-refractivity contribution is 0.314. The van der Waals surface area contributed by atoms with Crippen molar-refractivity contribution in [3.8, 4) is 0 Å². The number of rotatable bonds is 8. The number of benzene rings is 1. The highest BCUT2D eigenvalue weighted by Crippen LogP contribution is 2.28. The van der Waals surface area contributed by atoms with Crippen LogP contribution in [0.2, 0.25) is 0 Å². The Bertz CT molecular complexity index is 862. The Kier molecular flexibility index (Phi) is 6.32. The van der Waals surface area contributed by atoms with Crippen LogP contribution in [0.4, 0.5) is 4.39 Å². The fourth-order valence-corrected chi connectivity index (χ4v) is 4.68. The van der Waals surface area contributed by atoms with E-state index in [-0.39, 0.29) is 16.7 Å². The highest BCUT2D eigenvalue weighted by molar-refractivity contribution is 7.91. The van der Waals surface area contributed by atoms with Crippen molar-refractivity contribution in [2.24, 2.45) is 0 Å². The van der Waals surface area contributed by atoms with Gasteiger partial charge >= 0.3 is 0 Å². The molecular formula is C20H28FN3O2S. The molecule has 1 unspecified atom stereocenters. The number of likely N-dealkylation sites (tertiary alicyclic amines) is 1. The van der Waals surface area contributed by atoms with Crippen molar-refractivity contribution < 1.29 is 12.8 Å². The van der Waals surface area contributed by atoms with Crippen molar-refractivity contribution in [1.29, 1.82) is 0 Å². The standard InChI is InChI=1S/C20H28FN3O2S/c1-3-5-11-24-19(13-22-20(24)27(25,26)4-2)15-23-12-10-17(14-23)16-6-8-18(21)9-7-16/h6-9,13,17H,3-5,10-12,14-15H2,1-2H3. The minimum atomic E-state index is -3.33. The van der Waals surface area contributed by atoms with Gasteiger partial charge in [-0.25, -0.2) is 17.8 Å². The van der Waals surface area contributed by atoms with E-state index in [0.29, 0.717) is 19.0 Å². The molecule has 1 saturated heterocycles. The molecule has 2 aromatic rings. The van der Waals surface area contributed by atoms with Crippen molar-refractivity contribution >= 4 is 9.84 Å². The van der Waals surface area contributed by atoms with Gasteiger partial charge in [-0.05, 0) is 43.0 Å².